The average molecular weight is 297 g/mol. The van der Waals surface area contributed by atoms with E-state index in [1.165, 1.54) is 4.88 Å². The molecule has 1 heterocycles. The molecule has 1 aromatic heterocycles. The zero-order chi connectivity index (χ0) is 11.5. The summed E-state index contributed by atoms with van der Waals surface area (Å²) in [4.78, 5) is 3.50. The number of thiophene rings is 1. The summed E-state index contributed by atoms with van der Waals surface area (Å²) in [5, 5.41) is 2.09. The van der Waals surface area contributed by atoms with Crippen LogP contribution < -0.4 is 10.6 Å². The molecule has 0 aliphatic heterocycles. The summed E-state index contributed by atoms with van der Waals surface area (Å²) in [6.45, 7) is 0.892. The van der Waals surface area contributed by atoms with Crippen LogP contribution >= 0.6 is 27.3 Å². The van der Waals surface area contributed by atoms with Crippen molar-refractivity contribution in [2.24, 2.45) is 0 Å². The molecular formula is C12H13BrN2S. The summed E-state index contributed by atoms with van der Waals surface area (Å²) >= 11 is 5.17. The highest BCUT2D eigenvalue weighted by molar-refractivity contribution is 9.10. The number of benzene rings is 1. The summed E-state index contributed by atoms with van der Waals surface area (Å²) in [5.74, 6) is 0. The van der Waals surface area contributed by atoms with Crippen LogP contribution in [0.5, 0.6) is 0 Å². The second-order valence-corrected chi connectivity index (χ2v) is 5.59. The second-order valence-electron chi connectivity index (χ2n) is 3.64. The van der Waals surface area contributed by atoms with Gasteiger partial charge in [0.1, 0.15) is 0 Å². The molecule has 0 atom stereocenters. The van der Waals surface area contributed by atoms with Crippen molar-refractivity contribution >= 4 is 38.6 Å². The van der Waals surface area contributed by atoms with Crippen LogP contribution in [0.4, 0.5) is 11.4 Å². The molecule has 0 radical (unpaired) electrons. The molecule has 0 bridgehead atoms. The number of rotatable bonds is 3. The van der Waals surface area contributed by atoms with Gasteiger partial charge in [-0.25, -0.2) is 0 Å². The molecule has 0 fully saturated rings. The standard InChI is InChI=1S/C12H13BrN2S/c1-15(8-10-3-2-6-16-10)12-5-4-9(13)7-11(12)14/h2-7H,8,14H2,1H3. The van der Waals surface area contributed by atoms with E-state index < -0.39 is 0 Å². The number of halogens is 1. The van der Waals surface area contributed by atoms with E-state index in [1.54, 1.807) is 11.3 Å². The fraction of sp³-hybridized carbons (Fsp3) is 0.167. The van der Waals surface area contributed by atoms with Gasteiger partial charge in [-0.1, -0.05) is 22.0 Å². The average Bonchev–Trinajstić information content (AvgIpc) is 2.70. The van der Waals surface area contributed by atoms with E-state index in [1.807, 2.05) is 18.2 Å². The minimum Gasteiger partial charge on any atom is -0.397 e. The predicted molar refractivity (Wildman–Crippen MR) is 75.0 cm³/mol. The van der Waals surface area contributed by atoms with Crippen molar-refractivity contribution in [1.82, 2.24) is 0 Å². The van der Waals surface area contributed by atoms with Crippen LogP contribution in [0.15, 0.2) is 40.2 Å². The van der Waals surface area contributed by atoms with Gasteiger partial charge in [-0.05, 0) is 29.6 Å². The van der Waals surface area contributed by atoms with Gasteiger partial charge in [0.15, 0.2) is 0 Å². The summed E-state index contributed by atoms with van der Waals surface area (Å²) in [7, 11) is 2.05. The molecule has 2 nitrogen and oxygen atoms in total. The third-order valence-corrected chi connectivity index (χ3v) is 3.73. The molecule has 4 heteroatoms. The maximum atomic E-state index is 5.98. The molecule has 0 saturated carbocycles. The van der Waals surface area contributed by atoms with E-state index in [4.69, 9.17) is 5.73 Å². The van der Waals surface area contributed by atoms with Gasteiger partial charge in [0.05, 0.1) is 17.9 Å². The Kier molecular flexibility index (Phi) is 3.51. The largest absolute Gasteiger partial charge is 0.397 e. The third-order valence-electron chi connectivity index (χ3n) is 2.37. The topological polar surface area (TPSA) is 29.3 Å². The fourth-order valence-electron chi connectivity index (χ4n) is 1.59. The number of nitrogen functional groups attached to an aromatic ring is 1. The van der Waals surface area contributed by atoms with Crippen LogP contribution in [0, 0.1) is 0 Å². The molecule has 0 aliphatic carbocycles. The molecule has 1 aromatic carbocycles. The van der Waals surface area contributed by atoms with Crippen LogP contribution in [0.1, 0.15) is 4.88 Å². The highest BCUT2D eigenvalue weighted by Crippen LogP contribution is 2.27. The third kappa shape index (κ3) is 2.57. The van der Waals surface area contributed by atoms with Crippen molar-refractivity contribution in [2.75, 3.05) is 17.7 Å². The van der Waals surface area contributed by atoms with Crippen molar-refractivity contribution in [3.05, 3.63) is 45.1 Å². The highest BCUT2D eigenvalue weighted by atomic mass is 79.9. The fourth-order valence-corrected chi connectivity index (χ4v) is 2.73. The maximum Gasteiger partial charge on any atom is 0.0601 e. The van der Waals surface area contributed by atoms with Crippen LogP contribution in [-0.4, -0.2) is 7.05 Å². The Bertz CT molecular complexity index is 468. The van der Waals surface area contributed by atoms with Crippen LogP contribution in [0.3, 0.4) is 0 Å². The molecule has 0 unspecified atom stereocenters. The Labute approximate surface area is 108 Å². The van der Waals surface area contributed by atoms with Crippen LogP contribution in [0.2, 0.25) is 0 Å². The van der Waals surface area contributed by atoms with E-state index in [0.29, 0.717) is 0 Å². The molecule has 0 saturated heterocycles. The van der Waals surface area contributed by atoms with Crippen molar-refractivity contribution in [1.29, 1.82) is 0 Å². The first-order valence-corrected chi connectivity index (χ1v) is 6.62. The Balaban J connectivity index is 2.17. The predicted octanol–water partition coefficient (Wildman–Crippen LogP) is 3.73. The monoisotopic (exact) mass is 296 g/mol. The minimum atomic E-state index is 0.799. The normalized spacial score (nSPS) is 10.4. The number of hydrogen-bond acceptors (Lipinski definition) is 3. The first kappa shape index (κ1) is 11.5. The molecular weight excluding hydrogens is 284 g/mol. The number of nitrogens with zero attached hydrogens (tertiary/aromatic N) is 1. The number of hydrogen-bond donors (Lipinski definition) is 1. The van der Waals surface area contributed by atoms with Crippen molar-refractivity contribution < 1.29 is 0 Å². The zero-order valence-electron chi connectivity index (χ0n) is 8.98. The van der Waals surface area contributed by atoms with Gasteiger partial charge < -0.3 is 10.6 Å². The second kappa shape index (κ2) is 4.89. The Morgan fingerprint density at radius 3 is 2.81 bits per heavy atom. The van der Waals surface area contributed by atoms with Gasteiger partial charge >= 0.3 is 0 Å². The summed E-state index contributed by atoms with van der Waals surface area (Å²) in [5.41, 5.74) is 7.85. The van der Waals surface area contributed by atoms with Gasteiger partial charge in [-0.3, -0.25) is 0 Å². The van der Waals surface area contributed by atoms with Gasteiger partial charge in [0.25, 0.3) is 0 Å². The Hall–Kier alpha value is -1.00. The van der Waals surface area contributed by atoms with E-state index in [0.717, 1.165) is 22.4 Å². The maximum absolute atomic E-state index is 5.98. The van der Waals surface area contributed by atoms with Crippen LogP contribution in [-0.2, 0) is 6.54 Å². The quantitative estimate of drug-likeness (QED) is 0.875. The van der Waals surface area contributed by atoms with E-state index >= 15 is 0 Å². The van der Waals surface area contributed by atoms with Crippen molar-refractivity contribution in [2.45, 2.75) is 6.54 Å². The lowest BCUT2D eigenvalue weighted by atomic mass is 10.2. The van der Waals surface area contributed by atoms with Gasteiger partial charge in [-0.15, -0.1) is 11.3 Å². The van der Waals surface area contributed by atoms with E-state index in [2.05, 4.69) is 45.4 Å². The Morgan fingerprint density at radius 1 is 1.38 bits per heavy atom. The lowest BCUT2D eigenvalue weighted by Gasteiger charge is -2.20. The SMILES string of the molecule is CN(Cc1cccs1)c1ccc(Br)cc1N. The Morgan fingerprint density at radius 2 is 2.19 bits per heavy atom. The number of anilines is 2. The molecule has 0 amide bonds. The smallest absolute Gasteiger partial charge is 0.0601 e. The highest BCUT2D eigenvalue weighted by Gasteiger charge is 2.06. The molecule has 0 spiro atoms. The molecule has 2 aromatic rings. The molecule has 2 rings (SSSR count). The molecule has 2 N–H and O–H groups in total. The summed E-state index contributed by atoms with van der Waals surface area (Å²) < 4.78 is 1.01. The zero-order valence-corrected chi connectivity index (χ0v) is 11.4. The van der Waals surface area contributed by atoms with Crippen molar-refractivity contribution in [3.63, 3.8) is 0 Å². The minimum absolute atomic E-state index is 0.799. The van der Waals surface area contributed by atoms with Crippen LogP contribution in [0.25, 0.3) is 0 Å². The van der Waals surface area contributed by atoms with E-state index in [9.17, 15) is 0 Å². The number of nitrogens with two attached hydrogens (primary N) is 1. The first-order valence-electron chi connectivity index (χ1n) is 4.95. The van der Waals surface area contributed by atoms with E-state index in [-0.39, 0.29) is 0 Å². The molecule has 0 aliphatic rings. The van der Waals surface area contributed by atoms with Gasteiger partial charge in [0.2, 0.25) is 0 Å². The summed E-state index contributed by atoms with van der Waals surface area (Å²) in [6, 6.07) is 10.2. The van der Waals surface area contributed by atoms with Crippen molar-refractivity contribution in [3.8, 4) is 0 Å². The molecule has 16 heavy (non-hydrogen) atoms. The first-order chi connectivity index (χ1) is 7.66. The lowest BCUT2D eigenvalue weighted by Crippen LogP contribution is -2.16. The van der Waals surface area contributed by atoms with Gasteiger partial charge in [-0.2, -0.15) is 0 Å². The lowest BCUT2D eigenvalue weighted by molar-refractivity contribution is 0.942. The molecule has 84 valence electrons. The van der Waals surface area contributed by atoms with Gasteiger partial charge in [0, 0.05) is 16.4 Å². The summed E-state index contributed by atoms with van der Waals surface area (Å²) in [6.07, 6.45) is 0.